The highest BCUT2D eigenvalue weighted by Crippen LogP contribution is 2.33. The van der Waals surface area contributed by atoms with E-state index >= 15 is 0 Å². The molecule has 0 aromatic heterocycles. The Kier molecular flexibility index (Phi) is 5.26. The Morgan fingerprint density at radius 2 is 1.71 bits per heavy atom. The summed E-state index contributed by atoms with van der Waals surface area (Å²) in [4.78, 5) is 12.6. The fourth-order valence-corrected chi connectivity index (χ4v) is 5.55. The summed E-state index contributed by atoms with van der Waals surface area (Å²) < 4.78 is 35.8. The maximum Gasteiger partial charge on any atom is 0.231 e. The lowest BCUT2D eigenvalue weighted by Crippen LogP contribution is -2.18. The zero-order valence-electron chi connectivity index (χ0n) is 15.5. The van der Waals surface area contributed by atoms with Crippen LogP contribution >= 0.6 is 0 Å². The van der Waals surface area contributed by atoms with Crippen molar-refractivity contribution in [3.63, 3.8) is 0 Å². The van der Waals surface area contributed by atoms with Crippen molar-refractivity contribution >= 4 is 21.4 Å². The molecule has 0 radical (unpaired) electrons. The number of nitrogens with one attached hydrogen (secondary N) is 1. The summed E-state index contributed by atoms with van der Waals surface area (Å²) in [5.41, 5.74) is 1.60. The van der Waals surface area contributed by atoms with Crippen LogP contribution in [0.2, 0.25) is 0 Å². The number of rotatable bonds is 6. The van der Waals surface area contributed by atoms with Crippen molar-refractivity contribution in [2.45, 2.75) is 48.7 Å². The highest BCUT2D eigenvalue weighted by molar-refractivity contribution is 7.92. The average molecular weight is 401 g/mol. The van der Waals surface area contributed by atoms with Gasteiger partial charge < -0.3 is 14.8 Å². The van der Waals surface area contributed by atoms with Gasteiger partial charge in [0.05, 0.1) is 10.1 Å². The van der Waals surface area contributed by atoms with E-state index in [0.717, 1.165) is 37.0 Å². The second-order valence-electron chi connectivity index (χ2n) is 7.21. The molecule has 0 bridgehead atoms. The fraction of sp³-hybridized carbons (Fsp3) is 0.381. The molecule has 0 saturated heterocycles. The minimum absolute atomic E-state index is 0.121. The normalized spacial score (nSPS) is 16.3. The quantitative estimate of drug-likeness (QED) is 0.798. The first-order valence-electron chi connectivity index (χ1n) is 9.55. The van der Waals surface area contributed by atoms with Crippen molar-refractivity contribution in [2.75, 3.05) is 12.1 Å². The molecular formula is C21H23NO5S. The number of amides is 1. The molecule has 1 aliphatic heterocycles. The Bertz CT molecular complexity index is 963. The van der Waals surface area contributed by atoms with Crippen molar-refractivity contribution in [3.05, 3.63) is 48.0 Å². The second kappa shape index (κ2) is 7.83. The number of sulfone groups is 1. The van der Waals surface area contributed by atoms with E-state index < -0.39 is 9.84 Å². The number of anilines is 1. The summed E-state index contributed by atoms with van der Waals surface area (Å²) in [5.74, 6) is 1.31. The van der Waals surface area contributed by atoms with Gasteiger partial charge in [-0.05, 0) is 61.2 Å². The molecule has 0 spiro atoms. The molecule has 1 fully saturated rings. The van der Waals surface area contributed by atoms with Gasteiger partial charge in [-0.25, -0.2) is 8.42 Å². The largest absolute Gasteiger partial charge is 0.454 e. The maximum absolute atomic E-state index is 12.6. The molecular weight excluding hydrogens is 378 g/mol. The third-order valence-corrected chi connectivity index (χ3v) is 7.56. The number of benzene rings is 2. The second-order valence-corrected chi connectivity index (χ2v) is 9.44. The summed E-state index contributed by atoms with van der Waals surface area (Å²) in [7, 11) is -3.27. The first kappa shape index (κ1) is 18.8. The average Bonchev–Trinajstić information content (AvgIpc) is 3.38. The van der Waals surface area contributed by atoms with E-state index in [1.807, 2.05) is 18.2 Å². The standard InChI is InChI=1S/C21H23NO5S/c23-21(12-6-15-5-11-19-20(13-15)27-14-26-19)22-16-7-9-18(10-8-16)28(24,25)17-3-1-2-4-17/h5,7-11,13,17H,1-4,6,12,14H2,(H,22,23). The molecule has 1 amide bonds. The molecule has 2 aromatic carbocycles. The van der Waals surface area contributed by atoms with Gasteiger partial charge in [0.25, 0.3) is 0 Å². The molecule has 4 rings (SSSR count). The maximum atomic E-state index is 12.6. The first-order valence-corrected chi connectivity index (χ1v) is 11.1. The molecule has 28 heavy (non-hydrogen) atoms. The molecule has 1 heterocycles. The van der Waals surface area contributed by atoms with E-state index in [9.17, 15) is 13.2 Å². The van der Waals surface area contributed by atoms with Gasteiger partial charge in [0.15, 0.2) is 21.3 Å². The summed E-state index contributed by atoms with van der Waals surface area (Å²) in [6.45, 7) is 0.228. The van der Waals surface area contributed by atoms with E-state index in [1.165, 1.54) is 0 Å². The predicted molar refractivity (Wildman–Crippen MR) is 105 cm³/mol. The van der Waals surface area contributed by atoms with Crippen LogP contribution in [0.15, 0.2) is 47.4 Å². The fourth-order valence-electron chi connectivity index (χ4n) is 3.70. The molecule has 7 heteroatoms. The van der Waals surface area contributed by atoms with Gasteiger partial charge in [0.1, 0.15) is 0 Å². The minimum atomic E-state index is -3.27. The zero-order chi connectivity index (χ0) is 19.6. The van der Waals surface area contributed by atoms with E-state index in [4.69, 9.17) is 9.47 Å². The molecule has 0 unspecified atom stereocenters. The van der Waals surface area contributed by atoms with Crippen LogP contribution in [0, 0.1) is 0 Å². The lowest BCUT2D eigenvalue weighted by Gasteiger charge is -2.12. The molecule has 1 aliphatic carbocycles. The SMILES string of the molecule is O=C(CCc1ccc2c(c1)OCO2)Nc1ccc(S(=O)(=O)C2CCCC2)cc1. The third-order valence-electron chi connectivity index (χ3n) is 5.29. The Morgan fingerprint density at radius 3 is 2.46 bits per heavy atom. The number of ether oxygens (including phenoxy) is 2. The highest BCUT2D eigenvalue weighted by atomic mass is 32.2. The van der Waals surface area contributed by atoms with Gasteiger partial charge in [0.2, 0.25) is 12.7 Å². The van der Waals surface area contributed by atoms with Crippen molar-refractivity contribution in [2.24, 2.45) is 0 Å². The number of carbonyl (C=O) groups excluding carboxylic acids is 1. The van der Waals surface area contributed by atoms with Crippen LogP contribution in [0.3, 0.4) is 0 Å². The van der Waals surface area contributed by atoms with E-state index in [-0.39, 0.29) is 18.0 Å². The van der Waals surface area contributed by atoms with Crippen LogP contribution < -0.4 is 14.8 Å². The molecule has 2 aromatic rings. The van der Waals surface area contributed by atoms with Crippen molar-refractivity contribution in [1.29, 1.82) is 0 Å². The Morgan fingerprint density at radius 1 is 1.00 bits per heavy atom. The van der Waals surface area contributed by atoms with Crippen LogP contribution in [0.5, 0.6) is 11.5 Å². The van der Waals surface area contributed by atoms with E-state index in [2.05, 4.69) is 5.32 Å². The predicted octanol–water partition coefficient (Wildman–Crippen LogP) is 3.70. The molecule has 6 nitrogen and oxygen atoms in total. The summed E-state index contributed by atoms with van der Waals surface area (Å²) in [5, 5.41) is 2.55. The lowest BCUT2D eigenvalue weighted by atomic mass is 10.1. The van der Waals surface area contributed by atoms with Gasteiger partial charge in [-0.2, -0.15) is 0 Å². The van der Waals surface area contributed by atoms with Crippen LogP contribution in [0.4, 0.5) is 5.69 Å². The number of carbonyl (C=O) groups is 1. The third kappa shape index (κ3) is 3.99. The molecule has 1 saturated carbocycles. The first-order chi connectivity index (χ1) is 13.5. The topological polar surface area (TPSA) is 81.7 Å². The van der Waals surface area contributed by atoms with Gasteiger partial charge in [-0.1, -0.05) is 18.9 Å². The van der Waals surface area contributed by atoms with Gasteiger partial charge in [-0.3, -0.25) is 4.79 Å². The minimum Gasteiger partial charge on any atom is -0.454 e. The molecule has 148 valence electrons. The molecule has 0 atom stereocenters. The van der Waals surface area contributed by atoms with Gasteiger partial charge in [0, 0.05) is 12.1 Å². The van der Waals surface area contributed by atoms with Crippen LogP contribution in [0.25, 0.3) is 0 Å². The Hall–Kier alpha value is -2.54. The zero-order valence-corrected chi connectivity index (χ0v) is 16.3. The Labute approximate surface area is 164 Å². The summed E-state index contributed by atoms with van der Waals surface area (Å²) in [6.07, 6.45) is 4.32. The van der Waals surface area contributed by atoms with Crippen LogP contribution in [0.1, 0.15) is 37.7 Å². The van der Waals surface area contributed by atoms with Crippen LogP contribution in [-0.2, 0) is 21.1 Å². The Balaban J connectivity index is 1.33. The number of fused-ring (bicyclic) bond motifs is 1. The molecule has 1 N–H and O–H groups in total. The lowest BCUT2D eigenvalue weighted by molar-refractivity contribution is -0.116. The van der Waals surface area contributed by atoms with Crippen LogP contribution in [-0.4, -0.2) is 26.4 Å². The smallest absolute Gasteiger partial charge is 0.231 e. The number of aryl methyl sites for hydroxylation is 1. The van der Waals surface area contributed by atoms with E-state index in [1.54, 1.807) is 24.3 Å². The van der Waals surface area contributed by atoms with E-state index in [0.29, 0.717) is 29.2 Å². The molecule has 2 aliphatic rings. The van der Waals surface area contributed by atoms with Crippen molar-refractivity contribution in [3.8, 4) is 11.5 Å². The summed E-state index contributed by atoms with van der Waals surface area (Å²) in [6, 6.07) is 12.1. The van der Waals surface area contributed by atoms with Crippen molar-refractivity contribution in [1.82, 2.24) is 0 Å². The number of hydrogen-bond donors (Lipinski definition) is 1. The highest BCUT2D eigenvalue weighted by Gasteiger charge is 2.30. The van der Waals surface area contributed by atoms with Gasteiger partial charge >= 0.3 is 0 Å². The summed E-state index contributed by atoms with van der Waals surface area (Å²) >= 11 is 0. The van der Waals surface area contributed by atoms with Crippen molar-refractivity contribution < 1.29 is 22.7 Å². The monoisotopic (exact) mass is 401 g/mol. The van der Waals surface area contributed by atoms with Gasteiger partial charge in [-0.15, -0.1) is 0 Å². The number of hydrogen-bond acceptors (Lipinski definition) is 5.